The van der Waals surface area contributed by atoms with Crippen LogP contribution in [-0.4, -0.2) is 28.2 Å². The van der Waals surface area contributed by atoms with Gasteiger partial charge in [0.25, 0.3) is 0 Å². The molecule has 0 saturated heterocycles. The molecule has 0 aliphatic heterocycles. The maximum atomic E-state index is 14.7. The molecule has 1 spiro atoms. The zero-order valence-electron chi connectivity index (χ0n) is 21.9. The number of aliphatic hydroxyl groups is 2. The summed E-state index contributed by atoms with van der Waals surface area (Å²) in [6.07, 6.45) is 9.36. The maximum Gasteiger partial charge on any atom is 0.148 e. The number of Topliss-reactive ketones (excluding diaryl/α,β-unsaturated/α-hetero) is 1. The van der Waals surface area contributed by atoms with Crippen molar-refractivity contribution in [3.8, 4) is 0 Å². The van der Waals surface area contributed by atoms with Crippen LogP contribution in [0.3, 0.4) is 0 Å². The van der Waals surface area contributed by atoms with E-state index in [1.807, 2.05) is 0 Å². The molecule has 4 saturated carbocycles. The highest BCUT2D eigenvalue weighted by Gasteiger charge is 2.75. The molecule has 0 aromatic carbocycles. The molecule has 0 heterocycles. The van der Waals surface area contributed by atoms with Crippen molar-refractivity contribution in [2.24, 2.45) is 51.2 Å². The summed E-state index contributed by atoms with van der Waals surface area (Å²) in [7, 11) is 0. The van der Waals surface area contributed by atoms with E-state index in [1.165, 1.54) is 19.3 Å². The van der Waals surface area contributed by atoms with E-state index in [9.17, 15) is 15.0 Å². The molecule has 0 aromatic rings. The highest BCUT2D eigenvalue weighted by Crippen LogP contribution is 2.74. The first-order chi connectivity index (χ1) is 14.8. The minimum atomic E-state index is -0.615. The number of fused-ring (bicyclic) bond motifs is 3. The van der Waals surface area contributed by atoms with Gasteiger partial charge in [-0.1, -0.05) is 67.7 Å². The van der Waals surface area contributed by atoms with Crippen LogP contribution in [-0.2, 0) is 4.79 Å². The predicted octanol–water partition coefficient (Wildman–Crippen LogP) is 6.40. The molecule has 0 aromatic heterocycles. The third kappa shape index (κ3) is 3.08. The molecule has 10 atom stereocenters. The van der Waals surface area contributed by atoms with Gasteiger partial charge >= 0.3 is 0 Å². The number of carbonyl (C=O) groups is 1. The van der Waals surface area contributed by atoms with Gasteiger partial charge in [-0.3, -0.25) is 4.79 Å². The number of carbonyl (C=O) groups excluding carboxylic acids is 1. The second kappa shape index (κ2) is 8.08. The number of hydrogen-bond donors (Lipinski definition) is 2. The minimum absolute atomic E-state index is 0.0422. The Labute approximate surface area is 197 Å². The molecule has 4 aliphatic carbocycles. The van der Waals surface area contributed by atoms with Crippen LogP contribution in [0.5, 0.6) is 0 Å². The van der Waals surface area contributed by atoms with Crippen molar-refractivity contribution in [2.45, 2.75) is 125 Å². The fraction of sp³-hybridized carbons (Fsp3) is 0.966. The Balaban J connectivity index is 1.63. The Kier molecular flexibility index (Phi) is 6.23. The van der Waals surface area contributed by atoms with Gasteiger partial charge in [-0.05, 0) is 85.4 Å². The van der Waals surface area contributed by atoms with E-state index < -0.39 is 11.5 Å². The van der Waals surface area contributed by atoms with E-state index in [-0.39, 0.29) is 34.2 Å². The zero-order valence-corrected chi connectivity index (χ0v) is 21.9. The molecule has 3 nitrogen and oxygen atoms in total. The number of hydrogen-bond acceptors (Lipinski definition) is 3. The highest BCUT2D eigenvalue weighted by molar-refractivity contribution is 5.94. The maximum absolute atomic E-state index is 14.7. The Morgan fingerprint density at radius 3 is 2.28 bits per heavy atom. The van der Waals surface area contributed by atoms with Gasteiger partial charge in [0.05, 0.1) is 17.6 Å². The van der Waals surface area contributed by atoms with Gasteiger partial charge in [0.1, 0.15) is 5.78 Å². The number of rotatable bonds is 5. The fourth-order valence-electron chi connectivity index (χ4n) is 9.77. The predicted molar refractivity (Wildman–Crippen MR) is 130 cm³/mol. The van der Waals surface area contributed by atoms with Crippen LogP contribution in [0.4, 0.5) is 0 Å². The van der Waals surface area contributed by atoms with Crippen LogP contribution in [0.15, 0.2) is 0 Å². The normalized spacial score (nSPS) is 51.8. The zero-order chi connectivity index (χ0) is 23.7. The third-order valence-corrected chi connectivity index (χ3v) is 12.2. The average molecular weight is 447 g/mol. The molecule has 32 heavy (non-hydrogen) atoms. The Morgan fingerprint density at radius 1 is 0.938 bits per heavy atom. The lowest BCUT2D eigenvalue weighted by Gasteiger charge is -2.60. The van der Waals surface area contributed by atoms with Crippen LogP contribution < -0.4 is 0 Å². The standard InChI is InChI=1S/C29H50O3/c1-18(2)9-8-10-19(3)21-11-13-28(7)25(32)29(16-15-26(21,28)5)24(31)17-22-20(4)23(30)12-14-27(22,29)6/h18-24,30-31H,8-17H2,1-7H3. The first kappa shape index (κ1) is 24.7. The molecular weight excluding hydrogens is 396 g/mol. The average Bonchev–Trinajstić information content (AvgIpc) is 3.13. The Hall–Kier alpha value is -0.410. The van der Waals surface area contributed by atoms with E-state index in [0.717, 1.165) is 44.4 Å². The molecular formula is C29H50O3. The van der Waals surface area contributed by atoms with Crippen LogP contribution in [0.25, 0.3) is 0 Å². The molecule has 10 unspecified atom stereocenters. The fourth-order valence-corrected chi connectivity index (χ4v) is 9.77. The molecule has 4 aliphatic rings. The summed E-state index contributed by atoms with van der Waals surface area (Å²) in [5.41, 5.74) is -1.09. The summed E-state index contributed by atoms with van der Waals surface area (Å²) in [6, 6.07) is 0. The second-order valence-corrected chi connectivity index (χ2v) is 13.7. The van der Waals surface area contributed by atoms with Gasteiger partial charge in [-0.2, -0.15) is 0 Å². The Bertz CT molecular complexity index is 732. The molecule has 4 rings (SSSR count). The van der Waals surface area contributed by atoms with Gasteiger partial charge < -0.3 is 10.2 Å². The van der Waals surface area contributed by atoms with Gasteiger partial charge in [-0.25, -0.2) is 0 Å². The summed E-state index contributed by atoms with van der Waals surface area (Å²) in [4.78, 5) is 14.7. The topological polar surface area (TPSA) is 57.5 Å². The lowest BCUT2D eigenvalue weighted by atomic mass is 9.42. The van der Waals surface area contributed by atoms with Crippen LogP contribution in [0.2, 0.25) is 0 Å². The molecule has 3 heteroatoms. The molecule has 4 fully saturated rings. The highest BCUT2D eigenvalue weighted by atomic mass is 16.3. The van der Waals surface area contributed by atoms with E-state index in [1.54, 1.807) is 0 Å². The van der Waals surface area contributed by atoms with Crippen molar-refractivity contribution in [3.05, 3.63) is 0 Å². The Morgan fingerprint density at radius 2 is 1.62 bits per heavy atom. The van der Waals surface area contributed by atoms with Crippen LogP contribution in [0.1, 0.15) is 113 Å². The molecule has 184 valence electrons. The lowest BCUT2D eigenvalue weighted by Crippen LogP contribution is -2.63. The SMILES string of the molecule is CC(C)CCCC(C)C1CCC2(C)C(=O)C3(CCC12C)C(O)CC1C(C)C(O)CCC13C. The van der Waals surface area contributed by atoms with Crippen molar-refractivity contribution in [2.75, 3.05) is 0 Å². The second-order valence-electron chi connectivity index (χ2n) is 13.7. The van der Waals surface area contributed by atoms with Gasteiger partial charge in [0.15, 0.2) is 0 Å². The van der Waals surface area contributed by atoms with Crippen molar-refractivity contribution in [3.63, 3.8) is 0 Å². The van der Waals surface area contributed by atoms with Gasteiger partial charge in [-0.15, -0.1) is 0 Å². The van der Waals surface area contributed by atoms with Crippen LogP contribution >= 0.6 is 0 Å². The molecule has 0 radical (unpaired) electrons. The molecule has 2 N–H and O–H groups in total. The quantitative estimate of drug-likeness (QED) is 0.514. The summed E-state index contributed by atoms with van der Waals surface area (Å²) < 4.78 is 0. The summed E-state index contributed by atoms with van der Waals surface area (Å²) in [6.45, 7) is 16.2. The first-order valence-electron chi connectivity index (χ1n) is 13.8. The molecule has 0 amide bonds. The van der Waals surface area contributed by atoms with Crippen LogP contribution in [0, 0.1) is 51.2 Å². The van der Waals surface area contributed by atoms with Crippen molar-refractivity contribution < 1.29 is 15.0 Å². The smallest absolute Gasteiger partial charge is 0.148 e. The van der Waals surface area contributed by atoms with Crippen molar-refractivity contribution >= 4 is 5.78 Å². The summed E-state index contributed by atoms with van der Waals surface area (Å²) in [5, 5.41) is 22.1. The number of aliphatic hydroxyl groups excluding tert-OH is 2. The third-order valence-electron chi connectivity index (χ3n) is 12.2. The van der Waals surface area contributed by atoms with E-state index in [4.69, 9.17) is 0 Å². The number of ketones is 1. The lowest BCUT2D eigenvalue weighted by molar-refractivity contribution is -0.181. The summed E-state index contributed by atoms with van der Waals surface area (Å²) in [5.74, 6) is 2.81. The largest absolute Gasteiger partial charge is 0.393 e. The monoisotopic (exact) mass is 446 g/mol. The van der Waals surface area contributed by atoms with Crippen molar-refractivity contribution in [1.82, 2.24) is 0 Å². The van der Waals surface area contributed by atoms with Gasteiger partial charge in [0.2, 0.25) is 0 Å². The van der Waals surface area contributed by atoms with E-state index in [2.05, 4.69) is 48.5 Å². The van der Waals surface area contributed by atoms with Crippen molar-refractivity contribution in [1.29, 1.82) is 0 Å². The summed E-state index contributed by atoms with van der Waals surface area (Å²) >= 11 is 0. The molecule has 0 bridgehead atoms. The minimum Gasteiger partial charge on any atom is -0.393 e. The first-order valence-corrected chi connectivity index (χ1v) is 13.8. The van der Waals surface area contributed by atoms with E-state index in [0.29, 0.717) is 24.0 Å². The van der Waals surface area contributed by atoms with Gasteiger partial charge in [0, 0.05) is 5.41 Å². The van der Waals surface area contributed by atoms with E-state index >= 15 is 0 Å².